The monoisotopic (exact) mass is 183 g/mol. The molecular weight excluding hydrogens is 158 g/mol. The van der Waals surface area contributed by atoms with E-state index in [1.807, 2.05) is 6.08 Å². The van der Waals surface area contributed by atoms with Crippen molar-refractivity contribution in [2.75, 3.05) is 6.54 Å². The third-order valence-corrected chi connectivity index (χ3v) is 2.41. The molecule has 0 aromatic carbocycles. The van der Waals surface area contributed by atoms with E-state index < -0.39 is 0 Å². The van der Waals surface area contributed by atoms with E-state index >= 15 is 0 Å². The molecule has 1 nitrogen and oxygen atoms in total. The predicted octanol–water partition coefficient (Wildman–Crippen LogP) is 3.37. The average Bonchev–Trinajstić information content (AvgIpc) is 2.05. The number of hydrogen-bond acceptors (Lipinski definition) is 1. The lowest BCUT2D eigenvalue weighted by molar-refractivity contribution is 0.401. The molecule has 1 N–H and O–H groups in total. The molecule has 13 heavy (non-hydrogen) atoms. The molecule has 0 amide bonds. The third-order valence-electron chi connectivity index (χ3n) is 2.41. The van der Waals surface area contributed by atoms with Crippen molar-refractivity contribution in [3.05, 3.63) is 12.7 Å². The average molecular weight is 183 g/mol. The predicted molar refractivity (Wildman–Crippen MR) is 61.0 cm³/mol. The Morgan fingerprint density at radius 3 is 2.62 bits per heavy atom. The Kier molecular flexibility index (Phi) is 8.11. The first-order chi connectivity index (χ1) is 6.20. The maximum absolute atomic E-state index is 3.74. The first-order valence-corrected chi connectivity index (χ1v) is 5.55. The molecule has 0 aliphatic heterocycles. The fourth-order valence-corrected chi connectivity index (χ4v) is 1.76. The van der Waals surface area contributed by atoms with Gasteiger partial charge in [-0.1, -0.05) is 26.3 Å². The minimum absolute atomic E-state index is 0.670. The lowest BCUT2D eigenvalue weighted by Crippen LogP contribution is -2.27. The van der Waals surface area contributed by atoms with Crippen LogP contribution in [0.2, 0.25) is 0 Å². The smallest absolute Gasteiger partial charge is 0.00411 e. The molecule has 0 rings (SSSR count). The van der Waals surface area contributed by atoms with Crippen LogP contribution < -0.4 is 5.32 Å². The van der Waals surface area contributed by atoms with E-state index in [1.165, 1.54) is 25.7 Å². The van der Waals surface area contributed by atoms with Crippen molar-refractivity contribution in [3.63, 3.8) is 0 Å². The van der Waals surface area contributed by atoms with Gasteiger partial charge in [0.15, 0.2) is 0 Å². The summed E-state index contributed by atoms with van der Waals surface area (Å²) >= 11 is 0. The Labute approximate surface area is 83.6 Å². The molecule has 1 heteroatoms. The molecule has 0 radical (unpaired) electrons. The Balaban J connectivity index is 3.37. The van der Waals surface area contributed by atoms with E-state index in [1.54, 1.807) is 0 Å². The highest BCUT2D eigenvalue weighted by Crippen LogP contribution is 2.13. The Bertz CT molecular complexity index is 120. The number of unbranched alkanes of at least 4 members (excludes halogenated alkanes) is 1. The lowest BCUT2D eigenvalue weighted by Gasteiger charge is -2.17. The molecule has 0 bridgehead atoms. The summed E-state index contributed by atoms with van der Waals surface area (Å²) < 4.78 is 0. The van der Waals surface area contributed by atoms with E-state index in [0.717, 1.165) is 12.5 Å². The standard InChI is InChI=1S/C12H25N/c1-5-7-8-9-11(3)10-12(4)13-6-2/h5,11-13H,1,6-10H2,2-4H3. The Morgan fingerprint density at radius 2 is 2.08 bits per heavy atom. The van der Waals surface area contributed by atoms with Crippen LogP contribution >= 0.6 is 0 Å². The number of rotatable bonds is 8. The summed E-state index contributed by atoms with van der Waals surface area (Å²) in [6.07, 6.45) is 7.11. The van der Waals surface area contributed by atoms with Crippen LogP contribution in [0.25, 0.3) is 0 Å². The zero-order valence-electron chi connectivity index (χ0n) is 9.47. The lowest BCUT2D eigenvalue weighted by atomic mass is 9.97. The van der Waals surface area contributed by atoms with Crippen molar-refractivity contribution in [1.82, 2.24) is 5.32 Å². The fraction of sp³-hybridized carbons (Fsp3) is 0.833. The largest absolute Gasteiger partial charge is 0.315 e. The van der Waals surface area contributed by atoms with E-state index in [4.69, 9.17) is 0 Å². The van der Waals surface area contributed by atoms with Crippen LogP contribution in [0.1, 0.15) is 46.5 Å². The van der Waals surface area contributed by atoms with Crippen LogP contribution in [0.4, 0.5) is 0 Å². The van der Waals surface area contributed by atoms with Gasteiger partial charge in [0.1, 0.15) is 0 Å². The summed E-state index contributed by atoms with van der Waals surface area (Å²) in [6, 6.07) is 0.670. The summed E-state index contributed by atoms with van der Waals surface area (Å²) in [7, 11) is 0. The van der Waals surface area contributed by atoms with Crippen LogP contribution in [0.3, 0.4) is 0 Å². The van der Waals surface area contributed by atoms with E-state index in [9.17, 15) is 0 Å². The molecule has 0 aromatic heterocycles. The quantitative estimate of drug-likeness (QED) is 0.449. The third kappa shape index (κ3) is 8.04. The summed E-state index contributed by atoms with van der Waals surface area (Å²) in [5.41, 5.74) is 0. The molecular formula is C12H25N. The second-order valence-corrected chi connectivity index (χ2v) is 4.02. The van der Waals surface area contributed by atoms with Gasteiger partial charge in [0.05, 0.1) is 0 Å². The first kappa shape index (κ1) is 12.7. The van der Waals surface area contributed by atoms with E-state index in [0.29, 0.717) is 6.04 Å². The van der Waals surface area contributed by atoms with Crippen LogP contribution in [0.15, 0.2) is 12.7 Å². The maximum Gasteiger partial charge on any atom is 0.00411 e. The van der Waals surface area contributed by atoms with Crippen LogP contribution in [-0.2, 0) is 0 Å². The maximum atomic E-state index is 3.74. The van der Waals surface area contributed by atoms with Crippen LogP contribution in [-0.4, -0.2) is 12.6 Å². The zero-order chi connectivity index (χ0) is 10.1. The molecule has 2 atom stereocenters. The normalized spacial score (nSPS) is 15.3. The minimum Gasteiger partial charge on any atom is -0.315 e. The highest BCUT2D eigenvalue weighted by molar-refractivity contribution is 4.69. The van der Waals surface area contributed by atoms with Gasteiger partial charge in [-0.3, -0.25) is 0 Å². The van der Waals surface area contributed by atoms with Gasteiger partial charge in [-0.2, -0.15) is 0 Å². The molecule has 0 heterocycles. The Morgan fingerprint density at radius 1 is 1.38 bits per heavy atom. The van der Waals surface area contributed by atoms with Crippen molar-refractivity contribution in [1.29, 1.82) is 0 Å². The molecule has 0 aliphatic rings. The first-order valence-electron chi connectivity index (χ1n) is 5.55. The Hall–Kier alpha value is -0.300. The molecule has 0 aliphatic carbocycles. The van der Waals surface area contributed by atoms with Gasteiger partial charge in [0.25, 0.3) is 0 Å². The van der Waals surface area contributed by atoms with Crippen LogP contribution in [0.5, 0.6) is 0 Å². The van der Waals surface area contributed by atoms with E-state index in [2.05, 4.69) is 32.7 Å². The van der Waals surface area contributed by atoms with Gasteiger partial charge >= 0.3 is 0 Å². The van der Waals surface area contributed by atoms with Gasteiger partial charge in [-0.05, 0) is 38.6 Å². The molecule has 78 valence electrons. The molecule has 0 saturated carbocycles. The molecule has 2 unspecified atom stereocenters. The summed E-state index contributed by atoms with van der Waals surface area (Å²) in [4.78, 5) is 0. The van der Waals surface area contributed by atoms with Gasteiger partial charge in [-0.15, -0.1) is 6.58 Å². The second kappa shape index (κ2) is 8.31. The SMILES string of the molecule is C=CCCCC(C)CC(C)NCC. The minimum atomic E-state index is 0.670. The molecule has 0 fully saturated rings. The fourth-order valence-electron chi connectivity index (χ4n) is 1.76. The van der Waals surface area contributed by atoms with Crippen molar-refractivity contribution in [3.8, 4) is 0 Å². The number of nitrogens with one attached hydrogen (secondary N) is 1. The summed E-state index contributed by atoms with van der Waals surface area (Å²) in [5.74, 6) is 0.842. The topological polar surface area (TPSA) is 12.0 Å². The van der Waals surface area contributed by atoms with Crippen molar-refractivity contribution in [2.24, 2.45) is 5.92 Å². The highest BCUT2D eigenvalue weighted by atomic mass is 14.9. The van der Waals surface area contributed by atoms with Gasteiger partial charge in [-0.25, -0.2) is 0 Å². The van der Waals surface area contributed by atoms with Gasteiger partial charge in [0.2, 0.25) is 0 Å². The van der Waals surface area contributed by atoms with Crippen molar-refractivity contribution < 1.29 is 0 Å². The zero-order valence-corrected chi connectivity index (χ0v) is 9.47. The van der Waals surface area contributed by atoms with Crippen molar-refractivity contribution in [2.45, 2.75) is 52.5 Å². The van der Waals surface area contributed by atoms with Crippen LogP contribution in [0, 0.1) is 5.92 Å². The molecule has 0 spiro atoms. The van der Waals surface area contributed by atoms with E-state index in [-0.39, 0.29) is 0 Å². The molecule has 0 saturated heterocycles. The summed E-state index contributed by atoms with van der Waals surface area (Å²) in [6.45, 7) is 11.6. The summed E-state index contributed by atoms with van der Waals surface area (Å²) in [5, 5.41) is 3.45. The van der Waals surface area contributed by atoms with Gasteiger partial charge < -0.3 is 5.32 Å². The number of hydrogen-bond donors (Lipinski definition) is 1. The highest BCUT2D eigenvalue weighted by Gasteiger charge is 2.06. The van der Waals surface area contributed by atoms with Crippen molar-refractivity contribution >= 4 is 0 Å². The second-order valence-electron chi connectivity index (χ2n) is 4.02. The number of allylic oxidation sites excluding steroid dienone is 1. The van der Waals surface area contributed by atoms with Gasteiger partial charge in [0, 0.05) is 6.04 Å². The molecule has 0 aromatic rings.